The molecule has 1 N–H and O–H groups in total. The third-order valence-corrected chi connectivity index (χ3v) is 2.71. The second-order valence-electron chi connectivity index (χ2n) is 3.96. The first-order valence-corrected chi connectivity index (χ1v) is 5.14. The summed E-state index contributed by atoms with van der Waals surface area (Å²) in [6, 6.07) is 6.46. The van der Waals surface area contributed by atoms with Crippen molar-refractivity contribution in [2.24, 2.45) is 0 Å². The highest BCUT2D eigenvalue weighted by Gasteiger charge is 2.26. The lowest BCUT2D eigenvalue weighted by atomic mass is 10.2. The van der Waals surface area contributed by atoms with Gasteiger partial charge in [0.25, 0.3) is 0 Å². The fourth-order valence-electron chi connectivity index (χ4n) is 1.68. The number of rotatable bonds is 2. The smallest absolute Gasteiger partial charge is 0.123 e. The number of nitrogens with one attached hydrogen (secondary N) is 1. The molecule has 2 nitrogen and oxygen atoms in total. The molecule has 76 valence electrons. The molecule has 3 heteroatoms. The van der Waals surface area contributed by atoms with Crippen molar-refractivity contribution in [1.82, 2.24) is 9.97 Å². The van der Waals surface area contributed by atoms with Crippen molar-refractivity contribution in [2.45, 2.75) is 18.8 Å². The monoisotopic (exact) mass is 202 g/mol. The molecule has 1 aliphatic rings. The van der Waals surface area contributed by atoms with Gasteiger partial charge in [0.2, 0.25) is 0 Å². The second kappa shape index (κ2) is 3.19. The first-order valence-electron chi connectivity index (χ1n) is 5.14. The van der Waals surface area contributed by atoms with Crippen molar-refractivity contribution in [3.63, 3.8) is 0 Å². The van der Waals surface area contributed by atoms with Crippen LogP contribution in [0.2, 0.25) is 0 Å². The Hall–Kier alpha value is -1.64. The van der Waals surface area contributed by atoms with E-state index in [-0.39, 0.29) is 5.82 Å². The maximum Gasteiger partial charge on any atom is 0.123 e. The maximum atomic E-state index is 12.7. The summed E-state index contributed by atoms with van der Waals surface area (Å²) in [5.41, 5.74) is 1.95. The Balaban J connectivity index is 1.93. The van der Waals surface area contributed by atoms with E-state index in [0.717, 1.165) is 17.1 Å². The van der Waals surface area contributed by atoms with E-state index in [1.165, 1.54) is 25.0 Å². The van der Waals surface area contributed by atoms with Crippen molar-refractivity contribution in [2.75, 3.05) is 0 Å². The first kappa shape index (κ1) is 8.65. The zero-order valence-corrected chi connectivity index (χ0v) is 8.20. The molecule has 1 fully saturated rings. The molecule has 15 heavy (non-hydrogen) atoms. The van der Waals surface area contributed by atoms with Gasteiger partial charge in [-0.05, 0) is 42.7 Å². The Morgan fingerprint density at radius 3 is 2.60 bits per heavy atom. The molecule has 0 amide bonds. The Kier molecular flexibility index (Phi) is 1.84. The molecule has 0 spiro atoms. The lowest BCUT2D eigenvalue weighted by molar-refractivity contribution is 0.628. The number of hydrogen-bond donors (Lipinski definition) is 1. The van der Waals surface area contributed by atoms with Crippen molar-refractivity contribution in [3.8, 4) is 11.3 Å². The van der Waals surface area contributed by atoms with E-state index in [2.05, 4.69) is 9.97 Å². The minimum absolute atomic E-state index is 0.208. The molecule has 0 radical (unpaired) electrons. The summed E-state index contributed by atoms with van der Waals surface area (Å²) in [7, 11) is 0. The van der Waals surface area contributed by atoms with Crippen LogP contribution in [0.5, 0.6) is 0 Å². The fraction of sp³-hybridized carbons (Fsp3) is 0.250. The number of H-pyrrole nitrogens is 1. The van der Waals surface area contributed by atoms with Gasteiger partial charge in [-0.25, -0.2) is 9.37 Å². The molecular weight excluding hydrogens is 191 g/mol. The van der Waals surface area contributed by atoms with Gasteiger partial charge in [-0.2, -0.15) is 0 Å². The van der Waals surface area contributed by atoms with E-state index in [1.807, 2.05) is 6.20 Å². The molecule has 0 saturated heterocycles. The molecule has 0 atom stereocenters. The van der Waals surface area contributed by atoms with Crippen molar-refractivity contribution < 1.29 is 4.39 Å². The number of hydrogen-bond acceptors (Lipinski definition) is 1. The Morgan fingerprint density at radius 2 is 1.93 bits per heavy atom. The Bertz CT molecular complexity index is 469. The van der Waals surface area contributed by atoms with Gasteiger partial charge >= 0.3 is 0 Å². The summed E-state index contributed by atoms with van der Waals surface area (Å²) in [5, 5.41) is 0. The van der Waals surface area contributed by atoms with Gasteiger partial charge in [-0.15, -0.1) is 0 Å². The topological polar surface area (TPSA) is 28.7 Å². The maximum absolute atomic E-state index is 12.7. The molecular formula is C12H11FN2. The highest BCUT2D eigenvalue weighted by Crippen LogP contribution is 2.38. The normalized spacial score (nSPS) is 15.5. The third kappa shape index (κ3) is 1.65. The van der Waals surface area contributed by atoms with Crippen LogP contribution in [0.4, 0.5) is 4.39 Å². The van der Waals surface area contributed by atoms with E-state index in [1.54, 1.807) is 12.1 Å². The summed E-state index contributed by atoms with van der Waals surface area (Å²) in [4.78, 5) is 7.60. The predicted molar refractivity (Wildman–Crippen MR) is 56.0 cm³/mol. The summed E-state index contributed by atoms with van der Waals surface area (Å²) in [5.74, 6) is 1.48. The number of aromatic amines is 1. The van der Waals surface area contributed by atoms with Crippen LogP contribution in [-0.4, -0.2) is 9.97 Å². The van der Waals surface area contributed by atoms with Crippen molar-refractivity contribution >= 4 is 0 Å². The van der Waals surface area contributed by atoms with Crippen LogP contribution in [0, 0.1) is 5.82 Å². The van der Waals surface area contributed by atoms with E-state index in [9.17, 15) is 4.39 Å². The lowest BCUT2D eigenvalue weighted by Crippen LogP contribution is -1.82. The Labute approximate surface area is 87.2 Å². The summed E-state index contributed by atoms with van der Waals surface area (Å²) in [6.07, 6.45) is 4.29. The predicted octanol–water partition coefficient (Wildman–Crippen LogP) is 3.09. The van der Waals surface area contributed by atoms with Gasteiger partial charge in [0.15, 0.2) is 0 Å². The van der Waals surface area contributed by atoms with E-state index >= 15 is 0 Å². The summed E-state index contributed by atoms with van der Waals surface area (Å²) >= 11 is 0. The first-order chi connectivity index (χ1) is 7.33. The van der Waals surface area contributed by atoms with Gasteiger partial charge < -0.3 is 4.98 Å². The molecule has 1 aromatic carbocycles. The average Bonchev–Trinajstić information content (AvgIpc) is 2.99. The van der Waals surface area contributed by atoms with Crippen LogP contribution < -0.4 is 0 Å². The molecule has 0 unspecified atom stereocenters. The highest BCUT2D eigenvalue weighted by molar-refractivity contribution is 5.58. The largest absolute Gasteiger partial charge is 0.342 e. The molecule has 1 heterocycles. The van der Waals surface area contributed by atoms with E-state index in [0.29, 0.717) is 5.92 Å². The minimum atomic E-state index is -0.208. The minimum Gasteiger partial charge on any atom is -0.342 e. The molecule has 2 aromatic rings. The van der Waals surface area contributed by atoms with Crippen molar-refractivity contribution in [3.05, 3.63) is 42.1 Å². The molecule has 3 rings (SSSR count). The summed E-state index contributed by atoms with van der Waals surface area (Å²) in [6.45, 7) is 0. The van der Waals surface area contributed by atoms with Gasteiger partial charge in [0.05, 0.1) is 11.9 Å². The molecule has 1 aromatic heterocycles. The number of halogens is 1. The average molecular weight is 202 g/mol. The summed E-state index contributed by atoms with van der Waals surface area (Å²) < 4.78 is 12.7. The highest BCUT2D eigenvalue weighted by atomic mass is 19.1. The van der Waals surface area contributed by atoms with Crippen LogP contribution in [0.3, 0.4) is 0 Å². The zero-order chi connectivity index (χ0) is 10.3. The van der Waals surface area contributed by atoms with Crippen LogP contribution in [-0.2, 0) is 0 Å². The second-order valence-corrected chi connectivity index (χ2v) is 3.96. The number of benzene rings is 1. The number of nitrogens with zero attached hydrogens (tertiary/aromatic N) is 1. The standard InChI is InChI=1S/C12H11FN2/c13-10-5-3-8(4-6-10)11-7-14-12(15-11)9-1-2-9/h3-7,9H,1-2H2,(H,14,15). The van der Waals surface area contributed by atoms with Gasteiger partial charge in [-0.3, -0.25) is 0 Å². The van der Waals surface area contributed by atoms with Gasteiger partial charge in [0.1, 0.15) is 11.6 Å². The fourth-order valence-corrected chi connectivity index (χ4v) is 1.68. The van der Waals surface area contributed by atoms with Crippen LogP contribution >= 0.6 is 0 Å². The van der Waals surface area contributed by atoms with Crippen LogP contribution in [0.15, 0.2) is 30.5 Å². The van der Waals surface area contributed by atoms with Gasteiger partial charge in [0, 0.05) is 5.92 Å². The zero-order valence-electron chi connectivity index (χ0n) is 8.20. The number of aromatic nitrogens is 2. The van der Waals surface area contributed by atoms with Gasteiger partial charge in [-0.1, -0.05) is 0 Å². The molecule has 0 bridgehead atoms. The lowest BCUT2D eigenvalue weighted by Gasteiger charge is -1.96. The SMILES string of the molecule is Fc1ccc(-c2cnc(C3CC3)[nH]2)cc1. The van der Waals surface area contributed by atoms with Crippen LogP contribution in [0.1, 0.15) is 24.6 Å². The Morgan fingerprint density at radius 1 is 1.20 bits per heavy atom. The molecule has 0 aliphatic heterocycles. The van der Waals surface area contributed by atoms with E-state index < -0.39 is 0 Å². The third-order valence-electron chi connectivity index (χ3n) is 2.71. The van der Waals surface area contributed by atoms with Crippen molar-refractivity contribution in [1.29, 1.82) is 0 Å². The van der Waals surface area contributed by atoms with E-state index in [4.69, 9.17) is 0 Å². The van der Waals surface area contributed by atoms with Crippen LogP contribution in [0.25, 0.3) is 11.3 Å². The molecule has 1 aliphatic carbocycles. The molecule has 1 saturated carbocycles. The number of imidazole rings is 1. The quantitative estimate of drug-likeness (QED) is 0.796.